The Morgan fingerprint density at radius 3 is 2.42 bits per heavy atom. The average molecular weight is 389 g/mol. The Labute approximate surface area is 151 Å². The fourth-order valence-electron chi connectivity index (χ4n) is 1.75. The molecule has 4 N–H and O–H groups in total. The summed E-state index contributed by atoms with van der Waals surface area (Å²) in [5.41, 5.74) is -2.06. The van der Waals surface area contributed by atoms with Gasteiger partial charge in [-0.3, -0.25) is 0 Å². The zero-order valence-electron chi connectivity index (χ0n) is 14.9. The first-order valence-corrected chi connectivity index (χ1v) is 9.06. The van der Waals surface area contributed by atoms with Crippen molar-refractivity contribution in [3.63, 3.8) is 0 Å². The predicted octanol–water partition coefficient (Wildman–Crippen LogP) is 0.293. The monoisotopic (exact) mass is 389 g/mol. The van der Waals surface area contributed by atoms with Crippen LogP contribution in [0.4, 0.5) is 10.5 Å². The highest BCUT2D eigenvalue weighted by Crippen LogP contribution is 2.28. The molecule has 0 bridgehead atoms. The lowest BCUT2D eigenvalue weighted by molar-refractivity contribution is -0.155. The number of nitrogens with one attached hydrogen (secondary N) is 2. The summed E-state index contributed by atoms with van der Waals surface area (Å²) in [5.74, 6) is -1.25. The minimum Gasteiger partial charge on any atom is -0.492 e. The summed E-state index contributed by atoms with van der Waals surface area (Å²) in [6, 6.07) is 3.16. The standard InChI is InChI=1S/C15H23N3O7S/c1-5-25-12-7-6-10(26(23,24)18(3)4)8-11(12)17-14(21)16-9-15(2,22)13(19)20/h6-8,22H,5,9H2,1-4H3,(H,19,20)(H2,16,17,21). The van der Waals surface area contributed by atoms with Crippen molar-refractivity contribution in [2.24, 2.45) is 0 Å². The van der Waals surface area contributed by atoms with Crippen LogP contribution in [-0.4, -0.2) is 67.8 Å². The van der Waals surface area contributed by atoms with Gasteiger partial charge in [0.05, 0.1) is 23.7 Å². The number of hydrogen-bond donors (Lipinski definition) is 4. The molecule has 0 aliphatic carbocycles. The molecule has 0 aliphatic heterocycles. The molecule has 0 aliphatic rings. The molecule has 0 aromatic heterocycles. The third kappa shape index (κ3) is 5.31. The molecule has 1 rings (SSSR count). The topological polar surface area (TPSA) is 145 Å². The highest BCUT2D eigenvalue weighted by molar-refractivity contribution is 7.89. The Morgan fingerprint density at radius 2 is 1.92 bits per heavy atom. The zero-order valence-corrected chi connectivity index (χ0v) is 15.8. The van der Waals surface area contributed by atoms with Gasteiger partial charge in [-0.1, -0.05) is 0 Å². The van der Waals surface area contributed by atoms with Crippen molar-refractivity contribution in [2.75, 3.05) is 32.6 Å². The van der Waals surface area contributed by atoms with Crippen LogP contribution in [0.2, 0.25) is 0 Å². The summed E-state index contributed by atoms with van der Waals surface area (Å²) < 4.78 is 30.8. The zero-order chi connectivity index (χ0) is 20.1. The lowest BCUT2D eigenvalue weighted by Gasteiger charge is -2.19. The van der Waals surface area contributed by atoms with E-state index in [1.807, 2.05) is 0 Å². The van der Waals surface area contributed by atoms with E-state index in [0.717, 1.165) is 11.2 Å². The summed E-state index contributed by atoms with van der Waals surface area (Å²) in [6.45, 7) is 2.49. The SMILES string of the molecule is CCOc1ccc(S(=O)(=O)N(C)C)cc1NC(=O)NCC(C)(O)C(=O)O. The van der Waals surface area contributed by atoms with Crippen LogP contribution >= 0.6 is 0 Å². The molecule has 0 spiro atoms. The minimum atomic E-state index is -3.73. The lowest BCUT2D eigenvalue weighted by atomic mass is 10.1. The van der Waals surface area contributed by atoms with Gasteiger partial charge in [-0.2, -0.15) is 0 Å². The molecule has 26 heavy (non-hydrogen) atoms. The summed E-state index contributed by atoms with van der Waals surface area (Å²) in [6.07, 6.45) is 0. The van der Waals surface area contributed by atoms with Crippen LogP contribution in [0.1, 0.15) is 13.8 Å². The molecular weight excluding hydrogens is 366 g/mol. The van der Waals surface area contributed by atoms with E-state index < -0.39 is 34.2 Å². The van der Waals surface area contributed by atoms with Gasteiger partial charge in [-0.25, -0.2) is 22.3 Å². The molecule has 146 valence electrons. The molecule has 1 atom stereocenters. The summed E-state index contributed by atoms with van der Waals surface area (Å²) >= 11 is 0. The number of carbonyl (C=O) groups is 2. The van der Waals surface area contributed by atoms with Gasteiger partial charge in [-0.05, 0) is 32.0 Å². The van der Waals surface area contributed by atoms with Gasteiger partial charge in [0, 0.05) is 14.1 Å². The van der Waals surface area contributed by atoms with Gasteiger partial charge < -0.3 is 25.6 Å². The molecule has 0 fully saturated rings. The van der Waals surface area contributed by atoms with E-state index in [2.05, 4.69) is 10.6 Å². The van der Waals surface area contributed by atoms with E-state index in [9.17, 15) is 23.1 Å². The number of ether oxygens (including phenoxy) is 1. The first-order chi connectivity index (χ1) is 11.9. The van der Waals surface area contributed by atoms with E-state index in [0.29, 0.717) is 0 Å². The van der Waals surface area contributed by atoms with Crippen LogP contribution in [0.3, 0.4) is 0 Å². The molecule has 11 heteroatoms. The first kappa shape index (κ1) is 21.7. The Morgan fingerprint density at radius 1 is 1.31 bits per heavy atom. The number of benzene rings is 1. The molecule has 1 aromatic rings. The van der Waals surface area contributed by atoms with Crippen molar-refractivity contribution in [1.82, 2.24) is 9.62 Å². The number of carboxylic acid groups (broad SMARTS) is 1. The van der Waals surface area contributed by atoms with Gasteiger partial charge in [0.1, 0.15) is 5.75 Å². The van der Waals surface area contributed by atoms with Crippen LogP contribution < -0.4 is 15.4 Å². The van der Waals surface area contributed by atoms with E-state index in [4.69, 9.17) is 9.84 Å². The Bertz CT molecular complexity index is 775. The van der Waals surface area contributed by atoms with Crippen molar-refractivity contribution in [3.05, 3.63) is 18.2 Å². The van der Waals surface area contributed by atoms with Crippen LogP contribution in [0.5, 0.6) is 5.75 Å². The van der Waals surface area contributed by atoms with Crippen molar-refractivity contribution >= 4 is 27.7 Å². The second kappa shape index (κ2) is 8.34. The highest BCUT2D eigenvalue weighted by atomic mass is 32.2. The number of aliphatic carboxylic acids is 1. The summed E-state index contributed by atoms with van der Waals surface area (Å²) in [5, 5.41) is 23.0. The van der Waals surface area contributed by atoms with Gasteiger partial charge in [0.15, 0.2) is 5.60 Å². The molecule has 1 aromatic carbocycles. The van der Waals surface area contributed by atoms with Gasteiger partial charge in [0.2, 0.25) is 10.0 Å². The molecule has 0 saturated carbocycles. The molecule has 2 amide bonds. The molecule has 0 saturated heterocycles. The van der Waals surface area contributed by atoms with Crippen LogP contribution in [0.15, 0.2) is 23.1 Å². The van der Waals surface area contributed by atoms with Gasteiger partial charge >= 0.3 is 12.0 Å². The van der Waals surface area contributed by atoms with E-state index in [1.165, 1.54) is 32.3 Å². The van der Waals surface area contributed by atoms with E-state index in [1.54, 1.807) is 6.92 Å². The average Bonchev–Trinajstić information content (AvgIpc) is 2.54. The largest absolute Gasteiger partial charge is 0.492 e. The third-order valence-corrected chi connectivity index (χ3v) is 5.14. The number of aliphatic hydroxyl groups is 1. The number of carboxylic acids is 1. The van der Waals surface area contributed by atoms with Gasteiger partial charge in [0.25, 0.3) is 0 Å². The number of rotatable bonds is 8. The number of urea groups is 1. The first-order valence-electron chi connectivity index (χ1n) is 7.61. The summed E-state index contributed by atoms with van der Waals surface area (Å²) in [7, 11) is -0.976. The maximum Gasteiger partial charge on any atom is 0.337 e. The fourth-order valence-corrected chi connectivity index (χ4v) is 2.68. The highest BCUT2D eigenvalue weighted by Gasteiger charge is 2.30. The van der Waals surface area contributed by atoms with Crippen molar-refractivity contribution in [3.8, 4) is 5.75 Å². The van der Waals surface area contributed by atoms with Crippen LogP contribution in [0, 0.1) is 0 Å². The quantitative estimate of drug-likeness (QED) is 0.500. The second-order valence-electron chi connectivity index (χ2n) is 5.77. The molecule has 10 nitrogen and oxygen atoms in total. The Kier molecular flexibility index (Phi) is 6.95. The predicted molar refractivity (Wildman–Crippen MR) is 93.8 cm³/mol. The van der Waals surface area contributed by atoms with Crippen molar-refractivity contribution in [2.45, 2.75) is 24.3 Å². The summed E-state index contributed by atoms with van der Waals surface area (Å²) in [4.78, 5) is 22.8. The minimum absolute atomic E-state index is 0.0567. The van der Waals surface area contributed by atoms with Crippen molar-refractivity contribution < 1.29 is 33.0 Å². The van der Waals surface area contributed by atoms with Gasteiger partial charge in [-0.15, -0.1) is 0 Å². The number of sulfonamides is 1. The van der Waals surface area contributed by atoms with Crippen LogP contribution in [-0.2, 0) is 14.8 Å². The maximum absolute atomic E-state index is 12.2. The third-order valence-electron chi connectivity index (χ3n) is 3.33. The lowest BCUT2D eigenvalue weighted by Crippen LogP contribution is -2.47. The van der Waals surface area contributed by atoms with E-state index >= 15 is 0 Å². The second-order valence-corrected chi connectivity index (χ2v) is 7.92. The number of nitrogens with zero attached hydrogens (tertiary/aromatic N) is 1. The smallest absolute Gasteiger partial charge is 0.337 e. The molecule has 0 radical (unpaired) electrons. The molecule has 1 unspecified atom stereocenters. The van der Waals surface area contributed by atoms with Crippen molar-refractivity contribution in [1.29, 1.82) is 0 Å². The number of hydrogen-bond acceptors (Lipinski definition) is 6. The molecule has 0 heterocycles. The number of amides is 2. The van der Waals surface area contributed by atoms with E-state index in [-0.39, 0.29) is 22.9 Å². The normalized spacial score (nSPS) is 13.8. The maximum atomic E-state index is 12.2. The van der Waals surface area contributed by atoms with Crippen LogP contribution in [0.25, 0.3) is 0 Å². The molecular formula is C15H23N3O7S. The number of anilines is 1. The number of carbonyl (C=O) groups excluding carboxylic acids is 1. The Hall–Kier alpha value is -2.37. The Balaban J connectivity index is 3.05. The fraction of sp³-hybridized carbons (Fsp3) is 0.467.